The number of likely N-dealkylation sites (tertiary alicyclic amines) is 1. The number of rotatable bonds is 4. The van der Waals surface area contributed by atoms with E-state index in [1.165, 1.54) is 12.1 Å². The first kappa shape index (κ1) is 23.8. The Morgan fingerprint density at radius 2 is 1.72 bits per heavy atom. The van der Waals surface area contributed by atoms with E-state index in [0.29, 0.717) is 24.2 Å². The first-order valence-electron chi connectivity index (χ1n) is 11.6. The molecule has 0 spiro atoms. The zero-order valence-electron chi connectivity index (χ0n) is 19.8. The summed E-state index contributed by atoms with van der Waals surface area (Å²) in [5, 5.41) is 4.64. The standard InChI is InChI=1S/C26H24F3N5O2/c1-16-20(17-6-8-19(9-7-17)36-26(27,28)29)4-3-5-21(16)25(35)34-14-10-18(11-15-34)22-23-24(33(2)32-22)31-13-12-30-23/h3-9,12-13,18H,10-11,14-15H2,1-2H3. The van der Waals surface area contributed by atoms with Gasteiger partial charge in [0.05, 0.1) is 5.69 Å². The van der Waals surface area contributed by atoms with Gasteiger partial charge in [-0.05, 0) is 54.7 Å². The molecule has 1 saturated heterocycles. The molecule has 0 saturated carbocycles. The fourth-order valence-electron chi connectivity index (χ4n) is 4.82. The predicted octanol–water partition coefficient (Wildman–Crippen LogP) is 5.26. The molecular weight excluding hydrogens is 471 g/mol. The summed E-state index contributed by atoms with van der Waals surface area (Å²) in [5.41, 5.74) is 5.32. The number of alkyl halides is 3. The Hall–Kier alpha value is -3.95. The van der Waals surface area contributed by atoms with Crippen LogP contribution in [0.1, 0.15) is 40.4 Å². The highest BCUT2D eigenvalue weighted by atomic mass is 19.4. The molecule has 0 atom stereocenters. The number of nitrogens with zero attached hydrogens (tertiary/aromatic N) is 5. The molecule has 1 amide bonds. The number of benzene rings is 2. The van der Waals surface area contributed by atoms with Crippen LogP contribution in [0.4, 0.5) is 13.2 Å². The van der Waals surface area contributed by atoms with Gasteiger partial charge in [0.2, 0.25) is 0 Å². The van der Waals surface area contributed by atoms with Crippen molar-refractivity contribution >= 4 is 17.1 Å². The second kappa shape index (κ2) is 9.25. The molecule has 36 heavy (non-hydrogen) atoms. The Bertz CT molecular complexity index is 1410. The molecule has 7 nitrogen and oxygen atoms in total. The molecule has 0 bridgehead atoms. The highest BCUT2D eigenvalue weighted by Gasteiger charge is 2.31. The molecule has 4 aromatic rings. The van der Waals surface area contributed by atoms with Crippen LogP contribution in [0.25, 0.3) is 22.3 Å². The van der Waals surface area contributed by atoms with Crippen LogP contribution in [0.5, 0.6) is 5.75 Å². The van der Waals surface area contributed by atoms with Crippen molar-refractivity contribution in [2.45, 2.75) is 32.0 Å². The van der Waals surface area contributed by atoms with Crippen molar-refractivity contribution in [1.82, 2.24) is 24.6 Å². The van der Waals surface area contributed by atoms with E-state index in [0.717, 1.165) is 40.8 Å². The molecule has 0 N–H and O–H groups in total. The summed E-state index contributed by atoms with van der Waals surface area (Å²) >= 11 is 0. The number of aryl methyl sites for hydroxylation is 1. The molecule has 2 aromatic heterocycles. The summed E-state index contributed by atoms with van der Waals surface area (Å²) < 4.78 is 43.1. The van der Waals surface area contributed by atoms with Gasteiger partial charge in [-0.15, -0.1) is 13.2 Å². The number of fused-ring (bicyclic) bond motifs is 1. The normalized spacial score (nSPS) is 14.9. The minimum absolute atomic E-state index is 0.0597. The number of ether oxygens (including phenoxy) is 1. The lowest BCUT2D eigenvalue weighted by Crippen LogP contribution is -2.38. The highest BCUT2D eigenvalue weighted by molar-refractivity contribution is 5.97. The Morgan fingerprint density at radius 1 is 1.03 bits per heavy atom. The van der Waals surface area contributed by atoms with Gasteiger partial charge in [-0.3, -0.25) is 4.79 Å². The largest absolute Gasteiger partial charge is 0.573 e. The van der Waals surface area contributed by atoms with Gasteiger partial charge < -0.3 is 9.64 Å². The Kier molecular flexibility index (Phi) is 6.11. The van der Waals surface area contributed by atoms with Crippen LogP contribution >= 0.6 is 0 Å². The summed E-state index contributed by atoms with van der Waals surface area (Å²) in [6, 6.07) is 11.1. The third kappa shape index (κ3) is 4.62. The van der Waals surface area contributed by atoms with Crippen LogP contribution in [0.15, 0.2) is 54.9 Å². The van der Waals surface area contributed by atoms with Gasteiger partial charge in [0, 0.05) is 44.0 Å². The molecule has 1 fully saturated rings. The second-order valence-electron chi connectivity index (χ2n) is 8.85. The average molecular weight is 496 g/mol. The number of piperidine rings is 1. The number of halogens is 3. The van der Waals surface area contributed by atoms with E-state index in [2.05, 4.69) is 19.8 Å². The number of amides is 1. The third-order valence-corrected chi connectivity index (χ3v) is 6.62. The number of hydrogen-bond donors (Lipinski definition) is 0. The number of carbonyl (C=O) groups excluding carboxylic acids is 1. The number of carbonyl (C=O) groups is 1. The van der Waals surface area contributed by atoms with E-state index in [4.69, 9.17) is 0 Å². The van der Waals surface area contributed by atoms with Gasteiger partial charge in [0.15, 0.2) is 5.65 Å². The third-order valence-electron chi connectivity index (χ3n) is 6.62. The topological polar surface area (TPSA) is 73.1 Å². The lowest BCUT2D eigenvalue weighted by atomic mass is 9.91. The number of aromatic nitrogens is 4. The molecular formula is C26H24F3N5O2. The van der Waals surface area contributed by atoms with Crippen LogP contribution in [0.3, 0.4) is 0 Å². The first-order chi connectivity index (χ1) is 17.2. The molecule has 0 unspecified atom stereocenters. The van der Waals surface area contributed by atoms with Crippen LogP contribution in [0, 0.1) is 6.92 Å². The van der Waals surface area contributed by atoms with Crippen LogP contribution < -0.4 is 4.74 Å². The second-order valence-corrected chi connectivity index (χ2v) is 8.85. The summed E-state index contributed by atoms with van der Waals surface area (Å²) in [5.74, 6) is -0.152. The molecule has 0 aliphatic carbocycles. The molecule has 3 heterocycles. The average Bonchev–Trinajstić information content (AvgIpc) is 3.20. The molecule has 10 heteroatoms. The minimum atomic E-state index is -4.74. The van der Waals surface area contributed by atoms with Gasteiger partial charge in [-0.25, -0.2) is 14.6 Å². The summed E-state index contributed by atoms with van der Waals surface area (Å²) in [4.78, 5) is 24.1. The van der Waals surface area contributed by atoms with E-state index in [9.17, 15) is 18.0 Å². The Balaban J connectivity index is 1.31. The SMILES string of the molecule is Cc1c(C(=O)N2CCC(c3nn(C)c4nccnc34)CC2)cccc1-c1ccc(OC(F)(F)F)cc1. The number of hydrogen-bond acceptors (Lipinski definition) is 5. The van der Waals surface area contributed by atoms with Crippen LogP contribution in [-0.2, 0) is 7.05 Å². The Labute approximate surface area is 205 Å². The quantitative estimate of drug-likeness (QED) is 0.386. The van der Waals surface area contributed by atoms with Crippen molar-refractivity contribution in [3.05, 3.63) is 71.7 Å². The Morgan fingerprint density at radius 3 is 2.42 bits per heavy atom. The van der Waals surface area contributed by atoms with Crippen molar-refractivity contribution in [3.8, 4) is 16.9 Å². The zero-order valence-corrected chi connectivity index (χ0v) is 19.8. The van der Waals surface area contributed by atoms with Gasteiger partial charge in [0.1, 0.15) is 11.3 Å². The van der Waals surface area contributed by atoms with Crippen molar-refractivity contribution in [2.24, 2.45) is 7.05 Å². The van der Waals surface area contributed by atoms with Gasteiger partial charge in [0.25, 0.3) is 5.91 Å². The monoisotopic (exact) mass is 495 g/mol. The van der Waals surface area contributed by atoms with E-state index < -0.39 is 6.36 Å². The molecule has 1 aliphatic rings. The van der Waals surface area contributed by atoms with Crippen molar-refractivity contribution in [2.75, 3.05) is 13.1 Å². The smallest absolute Gasteiger partial charge is 0.406 e. The molecule has 186 valence electrons. The minimum Gasteiger partial charge on any atom is -0.406 e. The zero-order chi connectivity index (χ0) is 25.4. The van der Waals surface area contributed by atoms with E-state index in [1.807, 2.05) is 24.9 Å². The van der Waals surface area contributed by atoms with Gasteiger partial charge >= 0.3 is 6.36 Å². The molecule has 2 aromatic carbocycles. The van der Waals surface area contributed by atoms with E-state index in [-0.39, 0.29) is 17.6 Å². The lowest BCUT2D eigenvalue weighted by Gasteiger charge is -2.32. The van der Waals surface area contributed by atoms with Gasteiger partial charge in [-0.1, -0.05) is 24.3 Å². The van der Waals surface area contributed by atoms with Crippen molar-refractivity contribution < 1.29 is 22.7 Å². The predicted molar refractivity (Wildman–Crippen MR) is 127 cm³/mol. The van der Waals surface area contributed by atoms with Crippen molar-refractivity contribution in [1.29, 1.82) is 0 Å². The first-order valence-corrected chi connectivity index (χ1v) is 11.6. The lowest BCUT2D eigenvalue weighted by molar-refractivity contribution is -0.274. The fourth-order valence-corrected chi connectivity index (χ4v) is 4.82. The maximum absolute atomic E-state index is 13.4. The summed E-state index contributed by atoms with van der Waals surface area (Å²) in [6.45, 7) is 3.04. The fraction of sp³-hybridized carbons (Fsp3) is 0.308. The van der Waals surface area contributed by atoms with Crippen LogP contribution in [-0.4, -0.2) is 50.0 Å². The highest BCUT2D eigenvalue weighted by Crippen LogP contribution is 2.33. The van der Waals surface area contributed by atoms with Crippen LogP contribution in [0.2, 0.25) is 0 Å². The van der Waals surface area contributed by atoms with Crippen molar-refractivity contribution in [3.63, 3.8) is 0 Å². The molecule has 0 radical (unpaired) electrons. The summed E-state index contributed by atoms with van der Waals surface area (Å²) in [6.07, 6.45) is 0.116. The van der Waals surface area contributed by atoms with Gasteiger partial charge in [-0.2, -0.15) is 5.10 Å². The molecule has 5 rings (SSSR count). The van der Waals surface area contributed by atoms with E-state index in [1.54, 1.807) is 41.3 Å². The maximum atomic E-state index is 13.4. The van der Waals surface area contributed by atoms with E-state index >= 15 is 0 Å². The molecule has 1 aliphatic heterocycles. The maximum Gasteiger partial charge on any atom is 0.573 e. The summed E-state index contributed by atoms with van der Waals surface area (Å²) in [7, 11) is 1.85.